The second-order valence-electron chi connectivity index (χ2n) is 8.39. The molecule has 0 aliphatic rings. The predicted octanol–water partition coefficient (Wildman–Crippen LogP) is 6.02. The number of amides is 1. The van der Waals surface area contributed by atoms with E-state index < -0.39 is 44.6 Å². The van der Waals surface area contributed by atoms with E-state index in [4.69, 9.17) is 42.1 Å². The van der Waals surface area contributed by atoms with E-state index in [1.807, 2.05) is 0 Å². The van der Waals surface area contributed by atoms with Crippen LogP contribution in [-0.2, 0) is 25.7 Å². The van der Waals surface area contributed by atoms with Crippen LogP contribution in [0.15, 0.2) is 53.4 Å². The fraction of sp³-hybridized carbons (Fsp3) is 0.231. The van der Waals surface area contributed by atoms with E-state index in [2.05, 4.69) is 10.0 Å². The summed E-state index contributed by atoms with van der Waals surface area (Å²) in [6.07, 6.45) is -6.21. The number of ether oxygens (including phenoxy) is 4. The molecule has 0 aliphatic heterocycles. The molecule has 16 heteroatoms. The molecule has 3 aromatic carbocycles. The van der Waals surface area contributed by atoms with Crippen LogP contribution in [0.25, 0.3) is 0 Å². The van der Waals surface area contributed by atoms with Crippen molar-refractivity contribution in [3.8, 4) is 17.2 Å². The summed E-state index contributed by atoms with van der Waals surface area (Å²) in [4.78, 5) is 24.9. The van der Waals surface area contributed by atoms with Crippen molar-refractivity contribution in [1.29, 1.82) is 0 Å². The minimum atomic E-state index is -4.69. The lowest BCUT2D eigenvalue weighted by molar-refractivity contribution is -0.137. The number of sulfonamides is 1. The van der Waals surface area contributed by atoms with Crippen LogP contribution in [-0.4, -0.2) is 47.7 Å². The Morgan fingerprint density at radius 3 is 2.07 bits per heavy atom. The number of carbonyl (C=O) groups is 2. The number of alkyl halides is 3. The molecule has 0 spiro atoms. The Morgan fingerprint density at radius 2 is 1.48 bits per heavy atom. The summed E-state index contributed by atoms with van der Waals surface area (Å²) >= 11 is 12.0. The molecule has 1 amide bonds. The van der Waals surface area contributed by atoms with Gasteiger partial charge in [0.15, 0.2) is 6.10 Å². The normalized spacial score (nSPS) is 12.2. The maximum absolute atomic E-state index is 13.3. The van der Waals surface area contributed by atoms with E-state index in [1.165, 1.54) is 45.6 Å². The van der Waals surface area contributed by atoms with E-state index in [9.17, 15) is 31.2 Å². The fourth-order valence-corrected chi connectivity index (χ4v) is 5.13. The van der Waals surface area contributed by atoms with Crippen LogP contribution in [0, 0.1) is 0 Å². The maximum Gasteiger partial charge on any atom is 0.416 e. The predicted molar refractivity (Wildman–Crippen MR) is 148 cm³/mol. The second kappa shape index (κ2) is 13.0. The van der Waals surface area contributed by atoms with Crippen molar-refractivity contribution in [3.63, 3.8) is 0 Å². The second-order valence-corrected chi connectivity index (χ2v) is 10.9. The maximum atomic E-state index is 13.3. The average molecular weight is 651 g/mol. The first-order valence-electron chi connectivity index (χ1n) is 11.6. The zero-order valence-electron chi connectivity index (χ0n) is 22.3. The minimum absolute atomic E-state index is 0.0446. The van der Waals surface area contributed by atoms with Crippen LogP contribution in [0.2, 0.25) is 10.0 Å². The van der Waals surface area contributed by atoms with Crippen LogP contribution < -0.4 is 24.2 Å². The first kappa shape index (κ1) is 32.6. The van der Waals surface area contributed by atoms with E-state index in [0.29, 0.717) is 6.07 Å². The lowest BCUT2D eigenvalue weighted by atomic mass is 10.2. The number of hydrogen-bond donors (Lipinski definition) is 2. The van der Waals surface area contributed by atoms with Crippen molar-refractivity contribution in [2.45, 2.75) is 24.1 Å². The van der Waals surface area contributed by atoms with Gasteiger partial charge in [-0.2, -0.15) is 13.2 Å². The van der Waals surface area contributed by atoms with Gasteiger partial charge < -0.3 is 24.3 Å². The van der Waals surface area contributed by atoms with E-state index in [0.717, 1.165) is 25.1 Å². The summed E-state index contributed by atoms with van der Waals surface area (Å²) in [7, 11) is -0.557. The van der Waals surface area contributed by atoms with E-state index in [1.54, 1.807) is 0 Å². The molecule has 3 aromatic rings. The quantitative estimate of drug-likeness (QED) is 0.255. The molecule has 0 aliphatic carbocycles. The van der Waals surface area contributed by atoms with Crippen LogP contribution >= 0.6 is 23.2 Å². The number of halogens is 5. The number of nitrogens with one attached hydrogen (secondary N) is 2. The topological polar surface area (TPSA) is 129 Å². The molecule has 2 N–H and O–H groups in total. The van der Waals surface area contributed by atoms with Crippen molar-refractivity contribution >= 4 is 56.5 Å². The Kier molecular flexibility index (Phi) is 10.1. The highest BCUT2D eigenvalue weighted by molar-refractivity contribution is 7.92. The van der Waals surface area contributed by atoms with Gasteiger partial charge in [-0.25, -0.2) is 13.2 Å². The molecule has 226 valence electrons. The molecule has 0 aromatic heterocycles. The zero-order chi connectivity index (χ0) is 31.4. The van der Waals surface area contributed by atoms with Gasteiger partial charge in [0.1, 0.15) is 22.1 Å². The molecular formula is C26H23Cl2F3N2O8S. The van der Waals surface area contributed by atoms with Gasteiger partial charge in [0.2, 0.25) is 0 Å². The third-order valence-electron chi connectivity index (χ3n) is 5.61. The number of anilines is 2. The number of methoxy groups -OCH3 is 3. The Bertz CT molecular complexity index is 1620. The lowest BCUT2D eigenvalue weighted by Crippen LogP contribution is -2.30. The van der Waals surface area contributed by atoms with Crippen molar-refractivity contribution in [1.82, 2.24) is 0 Å². The van der Waals surface area contributed by atoms with Crippen molar-refractivity contribution in [3.05, 3.63) is 69.7 Å². The highest BCUT2D eigenvalue weighted by atomic mass is 35.5. The molecule has 0 fully saturated rings. The SMILES string of the molecule is COc1cc(OC)c(NS(=O)(=O)c2cc(C(=O)O[C@@H](C)C(=O)Nc3cc(C(F)(F)F)ccc3Cl)ccc2OC)cc1Cl. The summed E-state index contributed by atoms with van der Waals surface area (Å²) in [6.45, 7) is 1.16. The Labute approximate surface area is 248 Å². The van der Waals surface area contributed by atoms with Gasteiger partial charge in [0, 0.05) is 6.07 Å². The standard InChI is InChI=1S/C26H23Cl2F3N2O8S/c1-13(24(34)32-18-10-15(26(29,30)31)6-7-16(18)27)41-25(35)14-5-8-20(38-2)23(9-14)42(36,37)33-19-11-17(28)21(39-3)12-22(19)40-4/h5-13,33H,1-4H3,(H,32,34)/t13-/m0/s1. The van der Waals surface area contributed by atoms with Crippen LogP contribution in [0.1, 0.15) is 22.8 Å². The van der Waals surface area contributed by atoms with Crippen LogP contribution in [0.5, 0.6) is 17.2 Å². The summed E-state index contributed by atoms with van der Waals surface area (Å²) in [6, 6.07) is 8.30. The summed E-state index contributed by atoms with van der Waals surface area (Å²) in [5.74, 6) is -1.93. The Morgan fingerprint density at radius 1 is 0.833 bits per heavy atom. The third kappa shape index (κ3) is 7.49. The molecular weight excluding hydrogens is 628 g/mol. The molecule has 10 nitrogen and oxygen atoms in total. The first-order valence-corrected chi connectivity index (χ1v) is 13.9. The average Bonchev–Trinajstić information content (AvgIpc) is 2.93. The molecule has 1 atom stereocenters. The molecule has 0 heterocycles. The summed E-state index contributed by atoms with van der Waals surface area (Å²) in [5.41, 5.74) is -1.73. The lowest BCUT2D eigenvalue weighted by Gasteiger charge is -2.17. The zero-order valence-corrected chi connectivity index (χ0v) is 24.6. The van der Waals surface area contributed by atoms with Gasteiger partial charge in [-0.3, -0.25) is 9.52 Å². The fourth-order valence-electron chi connectivity index (χ4n) is 3.47. The molecule has 0 unspecified atom stereocenters. The molecule has 3 rings (SSSR count). The van der Waals surface area contributed by atoms with Crippen molar-refractivity contribution < 1.29 is 50.1 Å². The molecule has 0 bridgehead atoms. The largest absolute Gasteiger partial charge is 0.495 e. The Balaban J connectivity index is 1.84. The van der Waals surface area contributed by atoms with Gasteiger partial charge >= 0.3 is 12.1 Å². The number of benzene rings is 3. The van der Waals surface area contributed by atoms with Gasteiger partial charge in [0.25, 0.3) is 15.9 Å². The third-order valence-corrected chi connectivity index (χ3v) is 7.62. The monoisotopic (exact) mass is 650 g/mol. The highest BCUT2D eigenvalue weighted by Crippen LogP contribution is 2.38. The van der Waals surface area contributed by atoms with Crippen molar-refractivity contribution in [2.75, 3.05) is 31.4 Å². The highest BCUT2D eigenvalue weighted by Gasteiger charge is 2.32. The van der Waals surface area contributed by atoms with Gasteiger partial charge in [-0.15, -0.1) is 0 Å². The molecule has 0 saturated heterocycles. The first-order chi connectivity index (χ1) is 19.6. The van der Waals surface area contributed by atoms with Gasteiger partial charge in [0.05, 0.1) is 53.9 Å². The number of carbonyl (C=O) groups excluding carboxylic acids is 2. The van der Waals surface area contributed by atoms with E-state index in [-0.39, 0.29) is 44.2 Å². The van der Waals surface area contributed by atoms with Crippen molar-refractivity contribution in [2.24, 2.45) is 0 Å². The number of esters is 1. The number of rotatable bonds is 10. The number of hydrogen-bond acceptors (Lipinski definition) is 8. The molecule has 0 radical (unpaired) electrons. The summed E-state index contributed by atoms with van der Waals surface area (Å²) in [5, 5.41) is 2.08. The molecule has 42 heavy (non-hydrogen) atoms. The Hall–Kier alpha value is -3.88. The van der Waals surface area contributed by atoms with Crippen LogP contribution in [0.3, 0.4) is 0 Å². The van der Waals surface area contributed by atoms with Crippen LogP contribution in [0.4, 0.5) is 24.5 Å². The summed E-state index contributed by atoms with van der Waals surface area (Å²) < 4.78 is 88.6. The van der Waals surface area contributed by atoms with Gasteiger partial charge in [-0.1, -0.05) is 23.2 Å². The van der Waals surface area contributed by atoms with E-state index >= 15 is 0 Å². The van der Waals surface area contributed by atoms with Gasteiger partial charge in [-0.05, 0) is 49.4 Å². The minimum Gasteiger partial charge on any atom is -0.495 e. The molecule has 0 saturated carbocycles. The smallest absolute Gasteiger partial charge is 0.416 e.